The van der Waals surface area contributed by atoms with Gasteiger partial charge in [-0.05, 0) is 38.3 Å². The van der Waals surface area contributed by atoms with E-state index < -0.39 is 6.03 Å². The minimum Gasteiger partial charge on any atom is -0.335 e. The Morgan fingerprint density at radius 1 is 1.25 bits per heavy atom. The van der Waals surface area contributed by atoms with Crippen LogP contribution in [-0.4, -0.2) is 38.5 Å². The molecule has 7 nitrogen and oxygen atoms in total. The maximum Gasteiger partial charge on any atom is 0.321 e. The molecule has 1 aromatic heterocycles. The van der Waals surface area contributed by atoms with Gasteiger partial charge in [-0.15, -0.1) is 10.2 Å². The molecule has 1 saturated carbocycles. The predicted molar refractivity (Wildman–Crippen MR) is 91.3 cm³/mol. The second-order valence-corrected chi connectivity index (χ2v) is 6.68. The highest BCUT2D eigenvalue weighted by molar-refractivity contribution is 7.99. The second kappa shape index (κ2) is 7.04. The Bertz CT molecular complexity index is 770. The molecule has 3 amide bonds. The summed E-state index contributed by atoms with van der Waals surface area (Å²) in [4.78, 5) is 23.5. The first kappa shape index (κ1) is 16.5. The number of nitrogens with zero attached hydrogens (tertiary/aromatic N) is 3. The standard InChI is InChI=1S/C16H19N5O2S/c1-10-5-3-4-6-13(10)21-11(2)19-20-16(21)24-9-14(22)18-15(23)17-12-7-8-12/h3-6,12H,7-9H2,1-2H3,(H2,17,18,22,23). The zero-order valence-electron chi connectivity index (χ0n) is 13.6. The van der Waals surface area contributed by atoms with Gasteiger partial charge in [0.15, 0.2) is 5.16 Å². The maximum atomic E-state index is 11.9. The van der Waals surface area contributed by atoms with E-state index in [9.17, 15) is 9.59 Å². The molecule has 0 bridgehead atoms. The molecule has 8 heteroatoms. The molecular formula is C16H19N5O2S. The molecule has 0 spiro atoms. The number of urea groups is 1. The Labute approximate surface area is 144 Å². The highest BCUT2D eigenvalue weighted by Crippen LogP contribution is 2.23. The van der Waals surface area contributed by atoms with E-state index in [1.165, 1.54) is 11.8 Å². The van der Waals surface area contributed by atoms with Crippen molar-refractivity contribution in [3.05, 3.63) is 35.7 Å². The number of rotatable bonds is 5. The van der Waals surface area contributed by atoms with Gasteiger partial charge in [-0.1, -0.05) is 30.0 Å². The van der Waals surface area contributed by atoms with Crippen LogP contribution in [0.1, 0.15) is 24.2 Å². The summed E-state index contributed by atoms with van der Waals surface area (Å²) in [6.45, 7) is 3.88. The zero-order valence-corrected chi connectivity index (χ0v) is 14.4. The van der Waals surface area contributed by atoms with E-state index in [0.29, 0.717) is 5.16 Å². The van der Waals surface area contributed by atoms with Gasteiger partial charge in [0, 0.05) is 6.04 Å². The maximum absolute atomic E-state index is 11.9. The third-order valence-corrected chi connectivity index (χ3v) is 4.58. The molecule has 1 aliphatic rings. The van der Waals surface area contributed by atoms with E-state index in [-0.39, 0.29) is 17.7 Å². The summed E-state index contributed by atoms with van der Waals surface area (Å²) >= 11 is 1.25. The van der Waals surface area contributed by atoms with Crippen molar-refractivity contribution in [3.8, 4) is 5.69 Å². The molecule has 0 aliphatic heterocycles. The first-order chi connectivity index (χ1) is 11.5. The SMILES string of the molecule is Cc1ccccc1-n1c(C)nnc1SCC(=O)NC(=O)NC1CC1. The van der Waals surface area contributed by atoms with Gasteiger partial charge in [0.05, 0.1) is 11.4 Å². The normalized spacial score (nSPS) is 13.6. The summed E-state index contributed by atoms with van der Waals surface area (Å²) in [7, 11) is 0. The third kappa shape index (κ3) is 3.94. The average molecular weight is 345 g/mol. The monoisotopic (exact) mass is 345 g/mol. The van der Waals surface area contributed by atoms with Crippen LogP contribution in [0.5, 0.6) is 0 Å². The summed E-state index contributed by atoms with van der Waals surface area (Å²) in [5, 5.41) is 13.9. The first-order valence-electron chi connectivity index (χ1n) is 7.76. The van der Waals surface area contributed by atoms with E-state index in [2.05, 4.69) is 20.8 Å². The van der Waals surface area contributed by atoms with Gasteiger partial charge >= 0.3 is 6.03 Å². The highest BCUT2D eigenvalue weighted by atomic mass is 32.2. The average Bonchev–Trinajstić information content (AvgIpc) is 3.27. The van der Waals surface area contributed by atoms with E-state index >= 15 is 0 Å². The van der Waals surface area contributed by atoms with Crippen LogP contribution in [-0.2, 0) is 4.79 Å². The number of imide groups is 1. The van der Waals surface area contributed by atoms with Crippen molar-refractivity contribution in [1.29, 1.82) is 0 Å². The summed E-state index contributed by atoms with van der Waals surface area (Å²) in [5.41, 5.74) is 2.07. The summed E-state index contributed by atoms with van der Waals surface area (Å²) in [5.74, 6) is 0.496. The van der Waals surface area contributed by atoms with E-state index in [0.717, 1.165) is 29.9 Å². The lowest BCUT2D eigenvalue weighted by molar-refractivity contribution is -0.117. The molecule has 0 radical (unpaired) electrons. The molecule has 0 unspecified atom stereocenters. The van der Waals surface area contributed by atoms with Gasteiger partial charge in [-0.2, -0.15) is 0 Å². The van der Waals surface area contributed by atoms with Crippen molar-refractivity contribution >= 4 is 23.7 Å². The molecule has 24 heavy (non-hydrogen) atoms. The van der Waals surface area contributed by atoms with Crippen LogP contribution in [0.2, 0.25) is 0 Å². The number of amides is 3. The van der Waals surface area contributed by atoms with Crippen molar-refractivity contribution in [2.75, 3.05) is 5.75 Å². The van der Waals surface area contributed by atoms with E-state index in [1.807, 2.05) is 42.7 Å². The van der Waals surface area contributed by atoms with Crippen LogP contribution < -0.4 is 10.6 Å². The zero-order chi connectivity index (χ0) is 17.1. The van der Waals surface area contributed by atoms with Gasteiger partial charge in [0.25, 0.3) is 0 Å². The third-order valence-electron chi connectivity index (χ3n) is 3.65. The number of hydrogen-bond donors (Lipinski definition) is 2. The fourth-order valence-corrected chi connectivity index (χ4v) is 3.06. The topological polar surface area (TPSA) is 88.9 Å². The Morgan fingerprint density at radius 2 is 2.00 bits per heavy atom. The number of carbonyl (C=O) groups excluding carboxylic acids is 2. The molecule has 2 aromatic rings. The smallest absolute Gasteiger partial charge is 0.321 e. The highest BCUT2D eigenvalue weighted by Gasteiger charge is 2.24. The summed E-state index contributed by atoms with van der Waals surface area (Å²) in [6, 6.07) is 7.70. The van der Waals surface area contributed by atoms with Crippen molar-refractivity contribution in [2.45, 2.75) is 37.9 Å². The van der Waals surface area contributed by atoms with Crippen LogP contribution in [0.3, 0.4) is 0 Å². The van der Waals surface area contributed by atoms with Crippen molar-refractivity contribution in [2.24, 2.45) is 0 Å². The van der Waals surface area contributed by atoms with Gasteiger partial charge in [-0.3, -0.25) is 14.7 Å². The number of thioether (sulfide) groups is 1. The Kier molecular flexibility index (Phi) is 4.84. The lowest BCUT2D eigenvalue weighted by atomic mass is 10.2. The Hall–Kier alpha value is -2.35. The van der Waals surface area contributed by atoms with Crippen LogP contribution in [0.25, 0.3) is 5.69 Å². The van der Waals surface area contributed by atoms with E-state index in [1.54, 1.807) is 0 Å². The number of para-hydroxylation sites is 1. The summed E-state index contributed by atoms with van der Waals surface area (Å²) < 4.78 is 1.91. The molecule has 0 saturated heterocycles. The number of hydrogen-bond acceptors (Lipinski definition) is 5. The molecule has 1 fully saturated rings. The fourth-order valence-electron chi connectivity index (χ4n) is 2.27. The number of benzene rings is 1. The Morgan fingerprint density at radius 3 is 2.71 bits per heavy atom. The van der Waals surface area contributed by atoms with Crippen LogP contribution >= 0.6 is 11.8 Å². The minimum absolute atomic E-state index is 0.0993. The first-order valence-corrected chi connectivity index (χ1v) is 8.74. The van der Waals surface area contributed by atoms with Gasteiger partial charge in [-0.25, -0.2) is 4.79 Å². The van der Waals surface area contributed by atoms with Crippen LogP contribution in [0.15, 0.2) is 29.4 Å². The molecule has 1 aliphatic carbocycles. The van der Waals surface area contributed by atoms with Gasteiger partial charge in [0.1, 0.15) is 5.82 Å². The van der Waals surface area contributed by atoms with Crippen LogP contribution in [0.4, 0.5) is 4.79 Å². The summed E-state index contributed by atoms with van der Waals surface area (Å²) in [6.07, 6.45) is 1.96. The minimum atomic E-state index is -0.431. The molecule has 1 heterocycles. The number of nitrogens with one attached hydrogen (secondary N) is 2. The molecule has 126 valence electrons. The van der Waals surface area contributed by atoms with Crippen LogP contribution in [0, 0.1) is 13.8 Å². The van der Waals surface area contributed by atoms with Gasteiger partial charge < -0.3 is 5.32 Å². The quantitative estimate of drug-likeness (QED) is 0.809. The number of aromatic nitrogens is 3. The molecule has 2 N–H and O–H groups in total. The molecule has 1 aromatic carbocycles. The van der Waals surface area contributed by atoms with Gasteiger partial charge in [0.2, 0.25) is 5.91 Å². The largest absolute Gasteiger partial charge is 0.335 e. The van der Waals surface area contributed by atoms with Crippen molar-refractivity contribution in [1.82, 2.24) is 25.4 Å². The lowest BCUT2D eigenvalue weighted by Gasteiger charge is -2.11. The predicted octanol–water partition coefficient (Wildman–Crippen LogP) is 1.96. The lowest BCUT2D eigenvalue weighted by Crippen LogP contribution is -2.41. The fraction of sp³-hybridized carbons (Fsp3) is 0.375. The van der Waals surface area contributed by atoms with Crippen molar-refractivity contribution in [3.63, 3.8) is 0 Å². The number of aryl methyl sites for hydroxylation is 2. The Balaban J connectivity index is 1.64. The number of carbonyl (C=O) groups is 2. The van der Waals surface area contributed by atoms with E-state index in [4.69, 9.17) is 0 Å². The van der Waals surface area contributed by atoms with Crippen molar-refractivity contribution < 1.29 is 9.59 Å². The molecule has 0 atom stereocenters. The molecular weight excluding hydrogens is 326 g/mol. The second-order valence-electron chi connectivity index (χ2n) is 5.74. The molecule has 3 rings (SSSR count).